The maximum absolute atomic E-state index is 5.41. The molecule has 0 spiro atoms. The summed E-state index contributed by atoms with van der Waals surface area (Å²) in [6.45, 7) is 12.8. The Kier molecular flexibility index (Phi) is 8.60. The van der Waals surface area contributed by atoms with Crippen molar-refractivity contribution < 1.29 is 4.74 Å². The Hall–Kier alpha value is -1.75. The zero-order chi connectivity index (χ0) is 17.9. The Morgan fingerprint density at radius 1 is 1.16 bits per heavy atom. The summed E-state index contributed by atoms with van der Waals surface area (Å²) < 4.78 is 5.41. The summed E-state index contributed by atoms with van der Waals surface area (Å²) in [5.74, 6) is 1.66. The van der Waals surface area contributed by atoms with E-state index in [1.165, 1.54) is 24.1 Å². The molecule has 0 aromatic heterocycles. The first-order chi connectivity index (χ1) is 12.2. The highest BCUT2D eigenvalue weighted by Crippen LogP contribution is 2.17. The van der Waals surface area contributed by atoms with Gasteiger partial charge in [0.05, 0.1) is 19.8 Å². The maximum atomic E-state index is 5.41. The fourth-order valence-corrected chi connectivity index (χ4v) is 2.86. The first-order valence-corrected chi connectivity index (χ1v) is 9.63. The predicted octanol–water partition coefficient (Wildman–Crippen LogP) is 3.01. The van der Waals surface area contributed by atoms with Crippen molar-refractivity contribution in [3.05, 3.63) is 29.8 Å². The van der Waals surface area contributed by atoms with Crippen LogP contribution < -0.4 is 15.5 Å². The largest absolute Gasteiger partial charge is 0.378 e. The summed E-state index contributed by atoms with van der Waals surface area (Å²) in [6, 6.07) is 8.74. The number of nitrogens with zero attached hydrogens (tertiary/aromatic N) is 2. The lowest BCUT2D eigenvalue weighted by Gasteiger charge is -2.28. The molecule has 5 heteroatoms. The minimum atomic E-state index is 0.697. The molecular weight excluding hydrogens is 312 g/mol. The third kappa shape index (κ3) is 7.34. The zero-order valence-electron chi connectivity index (χ0n) is 16.1. The van der Waals surface area contributed by atoms with Gasteiger partial charge in [-0.05, 0) is 43.4 Å². The molecule has 1 saturated heterocycles. The van der Waals surface area contributed by atoms with E-state index in [1.54, 1.807) is 0 Å². The van der Waals surface area contributed by atoms with Crippen molar-refractivity contribution in [1.29, 1.82) is 0 Å². The molecule has 1 aliphatic rings. The zero-order valence-corrected chi connectivity index (χ0v) is 16.1. The number of anilines is 1. The van der Waals surface area contributed by atoms with E-state index < -0.39 is 0 Å². The molecule has 0 bridgehead atoms. The standard InChI is InChI=1S/C20H34N4O/c1-4-21-20(22-11-5-6-17(2)3)23-16-18-7-9-19(10-8-18)24-12-14-25-15-13-24/h7-10,17H,4-6,11-16H2,1-3H3,(H2,21,22,23). The second-order valence-corrected chi connectivity index (χ2v) is 6.92. The van der Waals surface area contributed by atoms with Crippen LogP contribution in [0.4, 0.5) is 5.69 Å². The van der Waals surface area contributed by atoms with Crippen molar-refractivity contribution in [2.24, 2.45) is 10.9 Å². The number of guanidine groups is 1. The van der Waals surface area contributed by atoms with Gasteiger partial charge < -0.3 is 20.3 Å². The first kappa shape index (κ1) is 19.6. The molecule has 2 N–H and O–H groups in total. The van der Waals surface area contributed by atoms with Crippen LogP contribution in [0.1, 0.15) is 39.2 Å². The Balaban J connectivity index is 1.83. The van der Waals surface area contributed by atoms with Crippen molar-refractivity contribution in [1.82, 2.24) is 10.6 Å². The SMILES string of the molecule is CCNC(=NCc1ccc(N2CCOCC2)cc1)NCCCC(C)C. The summed E-state index contributed by atoms with van der Waals surface area (Å²) in [4.78, 5) is 7.08. The van der Waals surface area contributed by atoms with E-state index in [0.29, 0.717) is 6.54 Å². The van der Waals surface area contributed by atoms with E-state index in [2.05, 4.69) is 60.6 Å². The minimum absolute atomic E-state index is 0.697. The molecular formula is C20H34N4O. The van der Waals surface area contributed by atoms with Gasteiger partial charge in [-0.2, -0.15) is 0 Å². The molecule has 2 rings (SSSR count). The molecule has 0 aliphatic carbocycles. The predicted molar refractivity (Wildman–Crippen MR) is 106 cm³/mol. The van der Waals surface area contributed by atoms with Crippen LogP contribution in [0.2, 0.25) is 0 Å². The molecule has 0 unspecified atom stereocenters. The van der Waals surface area contributed by atoms with Crippen molar-refractivity contribution in [3.63, 3.8) is 0 Å². The van der Waals surface area contributed by atoms with Crippen molar-refractivity contribution >= 4 is 11.6 Å². The Bertz CT molecular complexity index is 507. The Morgan fingerprint density at radius 2 is 1.88 bits per heavy atom. The van der Waals surface area contributed by atoms with Crippen LogP contribution in [0.15, 0.2) is 29.3 Å². The molecule has 1 fully saturated rings. The lowest BCUT2D eigenvalue weighted by atomic mass is 10.1. The molecule has 0 amide bonds. The van der Waals surface area contributed by atoms with E-state index in [1.807, 2.05) is 0 Å². The summed E-state index contributed by atoms with van der Waals surface area (Å²) in [5.41, 5.74) is 2.51. The summed E-state index contributed by atoms with van der Waals surface area (Å²) in [5, 5.41) is 6.75. The molecule has 1 aliphatic heterocycles. The monoisotopic (exact) mass is 346 g/mol. The van der Waals surface area contributed by atoms with E-state index in [9.17, 15) is 0 Å². The highest BCUT2D eigenvalue weighted by Gasteiger charge is 2.10. The van der Waals surface area contributed by atoms with Crippen LogP contribution in [-0.4, -0.2) is 45.4 Å². The number of benzene rings is 1. The van der Waals surface area contributed by atoms with Crippen LogP contribution >= 0.6 is 0 Å². The molecule has 0 atom stereocenters. The van der Waals surface area contributed by atoms with E-state index in [-0.39, 0.29) is 0 Å². The number of hydrogen-bond donors (Lipinski definition) is 2. The third-order valence-electron chi connectivity index (χ3n) is 4.33. The average Bonchev–Trinajstić information content (AvgIpc) is 2.64. The van der Waals surface area contributed by atoms with Crippen LogP contribution in [0.5, 0.6) is 0 Å². The van der Waals surface area contributed by atoms with Gasteiger partial charge in [0, 0.05) is 31.9 Å². The average molecular weight is 347 g/mol. The van der Waals surface area contributed by atoms with Crippen molar-refractivity contribution in [3.8, 4) is 0 Å². The van der Waals surface area contributed by atoms with Crippen molar-refractivity contribution in [2.75, 3.05) is 44.3 Å². The van der Waals surface area contributed by atoms with Gasteiger partial charge in [-0.15, -0.1) is 0 Å². The molecule has 140 valence electrons. The van der Waals surface area contributed by atoms with E-state index in [4.69, 9.17) is 9.73 Å². The Labute approximate surface area is 152 Å². The second-order valence-electron chi connectivity index (χ2n) is 6.92. The second kappa shape index (κ2) is 11.0. The number of morpholine rings is 1. The van der Waals surface area contributed by atoms with E-state index in [0.717, 1.165) is 51.3 Å². The maximum Gasteiger partial charge on any atom is 0.191 e. The van der Waals surface area contributed by atoms with Gasteiger partial charge in [0.1, 0.15) is 0 Å². The lowest BCUT2D eigenvalue weighted by molar-refractivity contribution is 0.122. The molecule has 1 aromatic carbocycles. The highest BCUT2D eigenvalue weighted by molar-refractivity contribution is 5.79. The van der Waals surface area contributed by atoms with Crippen LogP contribution in [0.3, 0.4) is 0 Å². The fourth-order valence-electron chi connectivity index (χ4n) is 2.86. The van der Waals surface area contributed by atoms with Crippen LogP contribution in [0.25, 0.3) is 0 Å². The third-order valence-corrected chi connectivity index (χ3v) is 4.33. The number of rotatable bonds is 8. The number of aliphatic imine (C=N–C) groups is 1. The van der Waals surface area contributed by atoms with E-state index >= 15 is 0 Å². The lowest BCUT2D eigenvalue weighted by Crippen LogP contribution is -2.37. The number of hydrogen-bond acceptors (Lipinski definition) is 3. The quantitative estimate of drug-likeness (QED) is 0.432. The van der Waals surface area contributed by atoms with Crippen LogP contribution in [-0.2, 0) is 11.3 Å². The van der Waals surface area contributed by atoms with Crippen molar-refractivity contribution in [2.45, 2.75) is 40.2 Å². The molecule has 0 saturated carbocycles. The summed E-state index contributed by atoms with van der Waals surface area (Å²) in [6.07, 6.45) is 2.42. The smallest absolute Gasteiger partial charge is 0.191 e. The number of ether oxygens (including phenoxy) is 1. The molecule has 1 aromatic rings. The van der Waals surface area contributed by atoms with Gasteiger partial charge in [0.25, 0.3) is 0 Å². The molecule has 1 heterocycles. The molecule has 0 radical (unpaired) electrons. The molecule has 5 nitrogen and oxygen atoms in total. The Morgan fingerprint density at radius 3 is 2.52 bits per heavy atom. The normalized spacial score (nSPS) is 15.5. The first-order valence-electron chi connectivity index (χ1n) is 9.63. The minimum Gasteiger partial charge on any atom is -0.378 e. The van der Waals surface area contributed by atoms with Gasteiger partial charge in [0.15, 0.2) is 5.96 Å². The van der Waals surface area contributed by atoms with Crippen LogP contribution in [0, 0.1) is 5.92 Å². The van der Waals surface area contributed by atoms with Gasteiger partial charge in [-0.3, -0.25) is 0 Å². The highest BCUT2D eigenvalue weighted by atomic mass is 16.5. The summed E-state index contributed by atoms with van der Waals surface area (Å²) in [7, 11) is 0. The molecule has 25 heavy (non-hydrogen) atoms. The fraction of sp³-hybridized carbons (Fsp3) is 0.650. The topological polar surface area (TPSA) is 48.9 Å². The van der Waals surface area contributed by atoms with Gasteiger partial charge in [-0.25, -0.2) is 4.99 Å². The van der Waals surface area contributed by atoms with Gasteiger partial charge in [0.2, 0.25) is 0 Å². The number of nitrogens with one attached hydrogen (secondary N) is 2. The van der Waals surface area contributed by atoms with Gasteiger partial charge in [-0.1, -0.05) is 26.0 Å². The van der Waals surface area contributed by atoms with Gasteiger partial charge >= 0.3 is 0 Å². The summed E-state index contributed by atoms with van der Waals surface area (Å²) >= 11 is 0.